The first-order valence-corrected chi connectivity index (χ1v) is 8.96. The van der Waals surface area contributed by atoms with E-state index in [1.807, 2.05) is 55.5 Å². The third-order valence-electron chi connectivity index (χ3n) is 4.08. The Balaban J connectivity index is 1.61. The van der Waals surface area contributed by atoms with Gasteiger partial charge in [-0.1, -0.05) is 31.2 Å². The fourth-order valence-corrected chi connectivity index (χ4v) is 2.57. The molecule has 0 aliphatic carbocycles. The molecule has 0 unspecified atom stereocenters. The summed E-state index contributed by atoms with van der Waals surface area (Å²) < 4.78 is 5.41. The first-order valence-electron chi connectivity index (χ1n) is 8.96. The van der Waals surface area contributed by atoms with Crippen LogP contribution in [0.4, 0.5) is 11.5 Å². The van der Waals surface area contributed by atoms with Crippen LogP contribution in [0, 0.1) is 0 Å². The highest BCUT2D eigenvalue weighted by atomic mass is 16.5. The number of aromatic nitrogens is 3. The smallest absolute Gasteiger partial charge is 0.275 e. The predicted octanol–water partition coefficient (Wildman–Crippen LogP) is 3.44. The molecule has 1 aromatic heterocycles. The van der Waals surface area contributed by atoms with E-state index in [4.69, 9.17) is 4.74 Å². The zero-order valence-corrected chi connectivity index (χ0v) is 15.5. The van der Waals surface area contributed by atoms with E-state index in [0.717, 1.165) is 23.4 Å². The Morgan fingerprint density at radius 1 is 1.00 bits per heavy atom. The summed E-state index contributed by atoms with van der Waals surface area (Å²) in [5, 5.41) is 16.5. The van der Waals surface area contributed by atoms with Gasteiger partial charge in [0.1, 0.15) is 5.75 Å². The minimum Gasteiger partial charge on any atom is -0.494 e. The third-order valence-corrected chi connectivity index (χ3v) is 4.08. The van der Waals surface area contributed by atoms with Gasteiger partial charge >= 0.3 is 0 Å². The van der Waals surface area contributed by atoms with Gasteiger partial charge in [0.2, 0.25) is 0 Å². The van der Waals surface area contributed by atoms with E-state index >= 15 is 0 Å². The lowest BCUT2D eigenvalue weighted by atomic mass is 10.1. The third kappa shape index (κ3) is 4.84. The van der Waals surface area contributed by atoms with Crippen molar-refractivity contribution in [2.45, 2.75) is 26.8 Å². The molecule has 0 aliphatic rings. The van der Waals surface area contributed by atoms with Crippen molar-refractivity contribution in [2.75, 3.05) is 11.9 Å². The molecule has 1 amide bonds. The van der Waals surface area contributed by atoms with Crippen molar-refractivity contribution in [3.63, 3.8) is 0 Å². The van der Waals surface area contributed by atoms with E-state index in [-0.39, 0.29) is 11.6 Å². The summed E-state index contributed by atoms with van der Waals surface area (Å²) in [6, 6.07) is 15.6. The number of benzene rings is 2. The van der Waals surface area contributed by atoms with Crippen molar-refractivity contribution in [1.82, 2.24) is 20.7 Å². The molecule has 0 saturated heterocycles. The van der Waals surface area contributed by atoms with Gasteiger partial charge in [0.15, 0.2) is 11.5 Å². The average Bonchev–Trinajstić information content (AvgIpc) is 3.16. The Kier molecular flexibility index (Phi) is 6.04. The zero-order valence-electron chi connectivity index (χ0n) is 15.5. The normalized spacial score (nSPS) is 10.4. The molecular weight excluding hydrogens is 342 g/mol. The minimum absolute atomic E-state index is 0.223. The standard InChI is InChI=1S/C20H23N5O2/c1-3-14-5-9-16(10-6-14)22-19-18(23-25-24-19)20(26)21-13-15-7-11-17(12-8-15)27-4-2/h5-12H,3-4,13H2,1-2H3,(H,21,26)(H2,22,23,24,25). The van der Waals surface area contributed by atoms with E-state index in [1.165, 1.54) is 5.56 Å². The van der Waals surface area contributed by atoms with Crippen LogP contribution >= 0.6 is 0 Å². The van der Waals surface area contributed by atoms with Gasteiger partial charge in [-0.2, -0.15) is 5.21 Å². The number of hydrogen-bond acceptors (Lipinski definition) is 5. The SMILES string of the molecule is CCOc1ccc(CNC(=O)c2n[nH]nc2Nc2ccc(CC)cc2)cc1. The number of H-pyrrole nitrogens is 1. The van der Waals surface area contributed by atoms with Crippen molar-refractivity contribution in [3.05, 3.63) is 65.4 Å². The van der Waals surface area contributed by atoms with E-state index in [2.05, 4.69) is 33.0 Å². The molecule has 3 rings (SSSR count). The second kappa shape index (κ2) is 8.84. The van der Waals surface area contributed by atoms with Crippen molar-refractivity contribution >= 4 is 17.4 Å². The first kappa shape index (κ1) is 18.4. The largest absolute Gasteiger partial charge is 0.494 e. The van der Waals surface area contributed by atoms with Crippen LogP contribution < -0.4 is 15.4 Å². The number of nitrogens with one attached hydrogen (secondary N) is 3. The van der Waals surface area contributed by atoms with E-state index in [1.54, 1.807) is 0 Å². The fraction of sp³-hybridized carbons (Fsp3) is 0.250. The van der Waals surface area contributed by atoms with Gasteiger partial charge in [0.25, 0.3) is 5.91 Å². The number of aromatic amines is 1. The van der Waals surface area contributed by atoms with Crippen LogP contribution in [0.25, 0.3) is 0 Å². The van der Waals surface area contributed by atoms with Crippen molar-refractivity contribution in [2.24, 2.45) is 0 Å². The highest BCUT2D eigenvalue weighted by Gasteiger charge is 2.16. The Labute approximate surface area is 158 Å². The summed E-state index contributed by atoms with van der Waals surface area (Å²) in [5.74, 6) is 0.901. The highest BCUT2D eigenvalue weighted by molar-refractivity contribution is 5.97. The fourth-order valence-electron chi connectivity index (χ4n) is 2.57. The van der Waals surface area contributed by atoms with Gasteiger partial charge in [-0.15, -0.1) is 10.2 Å². The molecule has 0 aliphatic heterocycles. The summed E-state index contributed by atoms with van der Waals surface area (Å²) in [6.07, 6.45) is 0.976. The second-order valence-corrected chi connectivity index (χ2v) is 5.96. The molecule has 27 heavy (non-hydrogen) atoms. The average molecular weight is 365 g/mol. The molecule has 0 saturated carbocycles. The van der Waals surface area contributed by atoms with Gasteiger partial charge in [0.05, 0.1) is 6.61 Å². The van der Waals surface area contributed by atoms with Crippen molar-refractivity contribution in [3.8, 4) is 5.75 Å². The number of carbonyl (C=O) groups excluding carboxylic acids is 1. The summed E-state index contributed by atoms with van der Waals surface area (Å²) in [4.78, 5) is 12.5. The van der Waals surface area contributed by atoms with Gasteiger partial charge in [-0.25, -0.2) is 0 Å². The first-order chi connectivity index (χ1) is 13.2. The topological polar surface area (TPSA) is 91.9 Å². The molecule has 140 valence electrons. The molecule has 1 heterocycles. The van der Waals surface area contributed by atoms with Gasteiger partial charge in [0, 0.05) is 12.2 Å². The lowest BCUT2D eigenvalue weighted by Crippen LogP contribution is -2.24. The van der Waals surface area contributed by atoms with Crippen LogP contribution in [-0.4, -0.2) is 27.9 Å². The lowest BCUT2D eigenvalue weighted by Gasteiger charge is -2.08. The van der Waals surface area contributed by atoms with E-state index < -0.39 is 0 Å². The summed E-state index contributed by atoms with van der Waals surface area (Å²) in [7, 11) is 0. The van der Waals surface area contributed by atoms with Crippen LogP contribution in [0.3, 0.4) is 0 Å². The molecule has 7 heteroatoms. The van der Waals surface area contributed by atoms with E-state index in [0.29, 0.717) is 19.0 Å². The van der Waals surface area contributed by atoms with Crippen LogP contribution in [0.5, 0.6) is 5.75 Å². The molecule has 2 aromatic carbocycles. The monoisotopic (exact) mass is 365 g/mol. The van der Waals surface area contributed by atoms with Crippen LogP contribution in [0.2, 0.25) is 0 Å². The quantitative estimate of drug-likeness (QED) is 0.569. The molecular formula is C20H23N5O2. The number of nitrogens with zero attached hydrogens (tertiary/aromatic N) is 2. The Bertz CT molecular complexity index is 872. The van der Waals surface area contributed by atoms with Crippen LogP contribution in [-0.2, 0) is 13.0 Å². The van der Waals surface area contributed by atoms with Gasteiger partial charge in [-0.05, 0) is 48.7 Å². The maximum atomic E-state index is 12.5. The number of rotatable bonds is 8. The zero-order chi connectivity index (χ0) is 19.1. The Morgan fingerprint density at radius 2 is 1.70 bits per heavy atom. The molecule has 0 fully saturated rings. The Hall–Kier alpha value is -3.35. The van der Waals surface area contributed by atoms with Crippen molar-refractivity contribution in [1.29, 1.82) is 0 Å². The maximum absolute atomic E-state index is 12.5. The number of amides is 1. The number of carbonyl (C=O) groups is 1. The second-order valence-electron chi connectivity index (χ2n) is 5.96. The van der Waals surface area contributed by atoms with Crippen molar-refractivity contribution < 1.29 is 9.53 Å². The number of anilines is 2. The molecule has 3 aromatic rings. The van der Waals surface area contributed by atoms with Crippen LogP contribution in [0.1, 0.15) is 35.5 Å². The summed E-state index contributed by atoms with van der Waals surface area (Å²) in [6.45, 7) is 5.06. The maximum Gasteiger partial charge on any atom is 0.275 e. The number of aryl methyl sites for hydroxylation is 1. The van der Waals surface area contributed by atoms with Gasteiger partial charge < -0.3 is 15.4 Å². The highest BCUT2D eigenvalue weighted by Crippen LogP contribution is 2.18. The lowest BCUT2D eigenvalue weighted by molar-refractivity contribution is 0.0946. The predicted molar refractivity (Wildman–Crippen MR) is 104 cm³/mol. The number of ether oxygens (including phenoxy) is 1. The Morgan fingerprint density at radius 3 is 2.37 bits per heavy atom. The minimum atomic E-state index is -0.301. The molecule has 7 nitrogen and oxygen atoms in total. The molecule has 3 N–H and O–H groups in total. The molecule has 0 bridgehead atoms. The van der Waals surface area contributed by atoms with E-state index in [9.17, 15) is 4.79 Å². The van der Waals surface area contributed by atoms with Gasteiger partial charge in [-0.3, -0.25) is 4.79 Å². The van der Waals surface area contributed by atoms with Crippen LogP contribution in [0.15, 0.2) is 48.5 Å². The molecule has 0 atom stereocenters. The summed E-state index contributed by atoms with van der Waals surface area (Å²) in [5.41, 5.74) is 3.29. The molecule has 0 radical (unpaired) electrons. The molecule has 0 spiro atoms. The number of hydrogen-bond donors (Lipinski definition) is 3. The summed E-state index contributed by atoms with van der Waals surface area (Å²) >= 11 is 0.